The van der Waals surface area contributed by atoms with Crippen LogP contribution >= 0.6 is 11.8 Å². The molecule has 2 aliphatic rings. The van der Waals surface area contributed by atoms with Crippen LogP contribution in [0.5, 0.6) is 0 Å². The van der Waals surface area contributed by atoms with Gasteiger partial charge >= 0.3 is 5.97 Å². The van der Waals surface area contributed by atoms with E-state index >= 15 is 0 Å². The van der Waals surface area contributed by atoms with Gasteiger partial charge < -0.3 is 15.2 Å². The smallest absolute Gasteiger partial charge is 0.329 e. The maximum Gasteiger partial charge on any atom is 0.329 e. The molecule has 1 heterocycles. The number of amides is 1. The fourth-order valence-corrected chi connectivity index (χ4v) is 4.40. The Kier molecular flexibility index (Phi) is 6.56. The van der Waals surface area contributed by atoms with E-state index in [2.05, 4.69) is 5.32 Å². The SMILES string of the molecule is CCC(OC1CCCCC1)C(=O)NC1(C(=O)O)CCSCC1. The zero-order chi connectivity index (χ0) is 16.0. The van der Waals surface area contributed by atoms with Gasteiger partial charge in [-0.2, -0.15) is 11.8 Å². The van der Waals surface area contributed by atoms with Crippen molar-refractivity contribution in [3.63, 3.8) is 0 Å². The maximum atomic E-state index is 12.5. The topological polar surface area (TPSA) is 75.6 Å². The summed E-state index contributed by atoms with van der Waals surface area (Å²) in [7, 11) is 0. The molecule has 0 aromatic rings. The number of nitrogens with one attached hydrogen (secondary N) is 1. The Bertz CT molecular complexity index is 390. The van der Waals surface area contributed by atoms with Gasteiger partial charge in [-0.1, -0.05) is 26.2 Å². The Labute approximate surface area is 136 Å². The molecule has 0 aromatic carbocycles. The predicted octanol–water partition coefficient (Wildman–Crippen LogP) is 2.58. The lowest BCUT2D eigenvalue weighted by Crippen LogP contribution is -2.59. The fourth-order valence-electron chi connectivity index (χ4n) is 3.21. The third-order valence-electron chi connectivity index (χ3n) is 4.69. The van der Waals surface area contributed by atoms with Gasteiger partial charge in [0.05, 0.1) is 6.10 Å². The number of hydrogen-bond donors (Lipinski definition) is 2. The largest absolute Gasteiger partial charge is 0.480 e. The van der Waals surface area contributed by atoms with Crippen molar-refractivity contribution in [1.82, 2.24) is 5.32 Å². The van der Waals surface area contributed by atoms with Gasteiger partial charge in [0.15, 0.2) is 0 Å². The van der Waals surface area contributed by atoms with Crippen LogP contribution in [0.1, 0.15) is 58.3 Å². The molecule has 1 atom stereocenters. The van der Waals surface area contributed by atoms with E-state index in [1.54, 1.807) is 11.8 Å². The van der Waals surface area contributed by atoms with E-state index in [-0.39, 0.29) is 12.0 Å². The first-order chi connectivity index (χ1) is 10.6. The lowest BCUT2D eigenvalue weighted by atomic mass is 9.91. The molecule has 2 N–H and O–H groups in total. The quantitative estimate of drug-likeness (QED) is 0.783. The minimum atomic E-state index is -1.11. The molecule has 1 saturated heterocycles. The third-order valence-corrected chi connectivity index (χ3v) is 5.68. The van der Waals surface area contributed by atoms with E-state index in [9.17, 15) is 14.7 Å². The van der Waals surface area contributed by atoms with E-state index in [1.807, 2.05) is 6.92 Å². The molecule has 0 aromatic heterocycles. The van der Waals surface area contributed by atoms with E-state index in [0.717, 1.165) is 37.2 Å². The van der Waals surface area contributed by atoms with E-state index < -0.39 is 17.6 Å². The molecule has 0 radical (unpaired) electrons. The van der Waals surface area contributed by atoms with Crippen LogP contribution < -0.4 is 5.32 Å². The number of aliphatic carboxylic acids is 1. The Morgan fingerprint density at radius 2 is 1.91 bits per heavy atom. The van der Waals surface area contributed by atoms with Gasteiger partial charge in [-0.25, -0.2) is 4.79 Å². The average molecular weight is 329 g/mol. The number of carboxylic acids is 1. The van der Waals surface area contributed by atoms with Gasteiger partial charge in [0, 0.05) is 0 Å². The van der Waals surface area contributed by atoms with Crippen LogP contribution in [0.3, 0.4) is 0 Å². The Morgan fingerprint density at radius 3 is 2.45 bits per heavy atom. The summed E-state index contributed by atoms with van der Waals surface area (Å²) in [6, 6.07) is 0. The Hall–Kier alpha value is -0.750. The molecule has 1 aliphatic carbocycles. The summed E-state index contributed by atoms with van der Waals surface area (Å²) < 4.78 is 5.96. The zero-order valence-electron chi connectivity index (χ0n) is 13.3. The summed E-state index contributed by atoms with van der Waals surface area (Å²) in [5.74, 6) is 0.357. The van der Waals surface area contributed by atoms with Gasteiger partial charge in [-0.3, -0.25) is 4.79 Å². The minimum Gasteiger partial charge on any atom is -0.480 e. The number of rotatable bonds is 6. The van der Waals surface area contributed by atoms with Crippen molar-refractivity contribution in [2.24, 2.45) is 0 Å². The van der Waals surface area contributed by atoms with Crippen molar-refractivity contribution >= 4 is 23.6 Å². The molecular formula is C16H27NO4S. The lowest BCUT2D eigenvalue weighted by molar-refractivity contribution is -0.152. The predicted molar refractivity (Wildman–Crippen MR) is 87.1 cm³/mol. The second-order valence-electron chi connectivity index (χ2n) is 6.28. The Balaban J connectivity index is 1.96. The standard InChI is InChI=1S/C16H27NO4S/c1-2-13(21-12-6-4-3-5-7-12)14(18)17-16(15(19)20)8-10-22-11-9-16/h12-13H,2-11H2,1H3,(H,17,18)(H,19,20). The summed E-state index contributed by atoms with van der Waals surface area (Å²) in [5.41, 5.74) is -1.11. The summed E-state index contributed by atoms with van der Waals surface area (Å²) in [4.78, 5) is 24.2. The van der Waals surface area contributed by atoms with Crippen LogP contribution in [0.2, 0.25) is 0 Å². The molecular weight excluding hydrogens is 302 g/mol. The highest BCUT2D eigenvalue weighted by atomic mass is 32.2. The molecule has 1 aliphatic heterocycles. The van der Waals surface area contributed by atoms with Crippen LogP contribution in [-0.4, -0.2) is 46.2 Å². The molecule has 1 amide bonds. The van der Waals surface area contributed by atoms with Crippen molar-refractivity contribution in [3.05, 3.63) is 0 Å². The van der Waals surface area contributed by atoms with Crippen molar-refractivity contribution in [2.45, 2.75) is 76.0 Å². The fraction of sp³-hybridized carbons (Fsp3) is 0.875. The highest BCUT2D eigenvalue weighted by molar-refractivity contribution is 7.99. The average Bonchev–Trinajstić information content (AvgIpc) is 2.54. The monoisotopic (exact) mass is 329 g/mol. The maximum absolute atomic E-state index is 12.5. The highest BCUT2D eigenvalue weighted by Gasteiger charge is 2.42. The van der Waals surface area contributed by atoms with Crippen LogP contribution in [0.4, 0.5) is 0 Å². The van der Waals surface area contributed by atoms with Gasteiger partial charge in [0.2, 0.25) is 5.91 Å². The number of carbonyl (C=O) groups is 2. The number of carboxylic acid groups (broad SMARTS) is 1. The van der Waals surface area contributed by atoms with Crippen molar-refractivity contribution in [1.29, 1.82) is 0 Å². The van der Waals surface area contributed by atoms with Gasteiger partial charge in [0.1, 0.15) is 11.6 Å². The van der Waals surface area contributed by atoms with Gasteiger partial charge in [-0.05, 0) is 43.6 Å². The van der Waals surface area contributed by atoms with Gasteiger partial charge in [0.25, 0.3) is 0 Å². The van der Waals surface area contributed by atoms with E-state index in [4.69, 9.17) is 4.74 Å². The highest BCUT2D eigenvalue weighted by Crippen LogP contribution is 2.28. The van der Waals surface area contributed by atoms with Crippen LogP contribution in [-0.2, 0) is 14.3 Å². The molecule has 6 heteroatoms. The zero-order valence-corrected chi connectivity index (χ0v) is 14.1. The molecule has 1 saturated carbocycles. The van der Waals surface area contributed by atoms with Crippen LogP contribution in [0.15, 0.2) is 0 Å². The summed E-state index contributed by atoms with van der Waals surface area (Å²) in [6.45, 7) is 1.91. The van der Waals surface area contributed by atoms with Crippen LogP contribution in [0.25, 0.3) is 0 Å². The number of carbonyl (C=O) groups excluding carboxylic acids is 1. The molecule has 126 valence electrons. The molecule has 2 rings (SSSR count). The molecule has 2 fully saturated rings. The third kappa shape index (κ3) is 4.38. The number of thioether (sulfide) groups is 1. The summed E-state index contributed by atoms with van der Waals surface area (Å²) in [5, 5.41) is 12.3. The number of ether oxygens (including phenoxy) is 1. The molecule has 0 spiro atoms. The van der Waals surface area contributed by atoms with Crippen molar-refractivity contribution in [3.8, 4) is 0 Å². The molecule has 1 unspecified atom stereocenters. The first-order valence-electron chi connectivity index (χ1n) is 8.36. The van der Waals surface area contributed by atoms with Crippen molar-refractivity contribution < 1.29 is 19.4 Å². The second kappa shape index (κ2) is 8.20. The van der Waals surface area contributed by atoms with Gasteiger partial charge in [-0.15, -0.1) is 0 Å². The Morgan fingerprint density at radius 1 is 1.27 bits per heavy atom. The molecule has 0 bridgehead atoms. The normalized spacial score (nSPS) is 23.7. The molecule has 5 nitrogen and oxygen atoms in total. The molecule has 22 heavy (non-hydrogen) atoms. The second-order valence-corrected chi connectivity index (χ2v) is 7.51. The minimum absolute atomic E-state index is 0.145. The number of hydrogen-bond acceptors (Lipinski definition) is 4. The van der Waals surface area contributed by atoms with E-state index in [0.29, 0.717) is 19.3 Å². The first-order valence-corrected chi connectivity index (χ1v) is 9.51. The first kappa shape index (κ1) is 17.6. The lowest BCUT2D eigenvalue weighted by Gasteiger charge is -2.35. The van der Waals surface area contributed by atoms with Crippen LogP contribution in [0, 0.1) is 0 Å². The van der Waals surface area contributed by atoms with E-state index in [1.165, 1.54) is 6.42 Å². The van der Waals surface area contributed by atoms with Crippen molar-refractivity contribution in [2.75, 3.05) is 11.5 Å². The summed E-state index contributed by atoms with van der Waals surface area (Å²) in [6.07, 6.45) is 6.71. The summed E-state index contributed by atoms with van der Waals surface area (Å²) >= 11 is 1.74.